The summed E-state index contributed by atoms with van der Waals surface area (Å²) in [5.41, 5.74) is 1.71. The fourth-order valence-electron chi connectivity index (χ4n) is 1.65. The van der Waals surface area contributed by atoms with Gasteiger partial charge in [0.25, 0.3) is 0 Å². The molecular formula is C13H8BrClF2. The van der Waals surface area contributed by atoms with Gasteiger partial charge >= 0.3 is 0 Å². The molecule has 0 amide bonds. The molecular weight excluding hydrogens is 309 g/mol. The molecule has 0 aliphatic heterocycles. The predicted octanol–water partition coefficient (Wildman–Crippen LogP) is 5.18. The number of halogens is 4. The lowest BCUT2D eigenvalue weighted by molar-refractivity contribution is 0.511. The van der Waals surface area contributed by atoms with Crippen molar-refractivity contribution in [1.29, 1.82) is 0 Å². The third-order valence-corrected chi connectivity index (χ3v) is 3.29. The first-order valence-electron chi connectivity index (χ1n) is 4.92. The van der Waals surface area contributed by atoms with Gasteiger partial charge in [-0.15, -0.1) is 0 Å². The van der Waals surface area contributed by atoms with Crippen LogP contribution in [0.3, 0.4) is 0 Å². The summed E-state index contributed by atoms with van der Waals surface area (Å²) in [6.45, 7) is 0. The predicted molar refractivity (Wildman–Crippen MR) is 69.4 cm³/mol. The van der Waals surface area contributed by atoms with Gasteiger partial charge in [0.05, 0.1) is 0 Å². The van der Waals surface area contributed by atoms with Gasteiger partial charge in [-0.2, -0.15) is 0 Å². The first-order chi connectivity index (χ1) is 8.13. The molecule has 0 aromatic heterocycles. The second kappa shape index (κ2) is 5.15. The number of hydrogen-bond donors (Lipinski definition) is 0. The lowest BCUT2D eigenvalue weighted by Crippen LogP contribution is -1.92. The minimum Gasteiger partial charge on any atom is -0.204 e. The van der Waals surface area contributed by atoms with Crippen molar-refractivity contribution in [2.75, 3.05) is 0 Å². The monoisotopic (exact) mass is 316 g/mol. The normalized spacial score (nSPS) is 10.6. The molecule has 4 heteroatoms. The van der Waals surface area contributed by atoms with Crippen LogP contribution >= 0.6 is 27.5 Å². The van der Waals surface area contributed by atoms with E-state index in [9.17, 15) is 8.78 Å². The smallest absolute Gasteiger partial charge is 0.166 e. The second-order valence-corrected chi connectivity index (χ2v) is 4.53. The molecule has 0 saturated carbocycles. The third kappa shape index (κ3) is 2.50. The highest BCUT2D eigenvalue weighted by Gasteiger charge is 2.12. The molecule has 2 aromatic carbocycles. The molecule has 0 N–H and O–H groups in total. The van der Waals surface area contributed by atoms with Gasteiger partial charge in [0.1, 0.15) is 0 Å². The van der Waals surface area contributed by atoms with Crippen molar-refractivity contribution in [1.82, 2.24) is 0 Å². The van der Waals surface area contributed by atoms with Crippen LogP contribution in [0.4, 0.5) is 8.78 Å². The van der Waals surface area contributed by atoms with Crippen molar-refractivity contribution >= 4 is 27.5 Å². The zero-order chi connectivity index (χ0) is 12.4. The Bertz CT molecular complexity index is 555. The molecule has 0 heterocycles. The van der Waals surface area contributed by atoms with Gasteiger partial charge < -0.3 is 0 Å². The highest BCUT2D eigenvalue weighted by molar-refractivity contribution is 9.08. The fraction of sp³-hybridized carbons (Fsp3) is 0.0769. The number of benzene rings is 2. The largest absolute Gasteiger partial charge is 0.204 e. The molecule has 0 fully saturated rings. The quantitative estimate of drug-likeness (QED) is 0.669. The van der Waals surface area contributed by atoms with Crippen LogP contribution in [0.1, 0.15) is 5.56 Å². The van der Waals surface area contributed by atoms with Crippen molar-refractivity contribution in [3.05, 3.63) is 58.6 Å². The Hall–Kier alpha value is -0.930. The van der Waals surface area contributed by atoms with Crippen LogP contribution in [0.2, 0.25) is 5.02 Å². The first-order valence-corrected chi connectivity index (χ1v) is 6.42. The average Bonchev–Trinajstić information content (AvgIpc) is 2.33. The zero-order valence-corrected chi connectivity index (χ0v) is 11.0. The summed E-state index contributed by atoms with van der Waals surface area (Å²) in [6, 6.07) is 9.22. The van der Waals surface area contributed by atoms with Gasteiger partial charge in [0.15, 0.2) is 11.6 Å². The van der Waals surface area contributed by atoms with E-state index in [1.54, 1.807) is 24.3 Å². The van der Waals surface area contributed by atoms with Crippen LogP contribution in [0, 0.1) is 11.6 Å². The number of hydrogen-bond acceptors (Lipinski definition) is 0. The summed E-state index contributed by atoms with van der Waals surface area (Å²) in [4.78, 5) is 0. The third-order valence-electron chi connectivity index (χ3n) is 2.45. The lowest BCUT2D eigenvalue weighted by Gasteiger charge is -2.09. The van der Waals surface area contributed by atoms with Gasteiger partial charge in [-0.05, 0) is 29.3 Å². The van der Waals surface area contributed by atoms with Gasteiger partial charge in [-0.25, -0.2) is 8.78 Å². The Labute approximate surface area is 111 Å². The average molecular weight is 318 g/mol. The molecule has 17 heavy (non-hydrogen) atoms. The molecule has 0 nitrogen and oxygen atoms in total. The van der Waals surface area contributed by atoms with Crippen LogP contribution in [0.15, 0.2) is 36.4 Å². The van der Waals surface area contributed by atoms with E-state index in [2.05, 4.69) is 15.9 Å². The SMILES string of the molecule is Fc1cccc(-c2ccc(Cl)cc2CBr)c1F. The van der Waals surface area contributed by atoms with E-state index >= 15 is 0 Å². The Kier molecular flexibility index (Phi) is 3.79. The molecule has 0 unspecified atom stereocenters. The zero-order valence-electron chi connectivity index (χ0n) is 8.68. The summed E-state index contributed by atoms with van der Waals surface area (Å²) in [7, 11) is 0. The standard InChI is InChI=1S/C13H8BrClF2/c14-7-8-6-9(15)4-5-10(8)11-2-1-3-12(16)13(11)17/h1-6H,7H2. The van der Waals surface area contributed by atoms with E-state index in [1.165, 1.54) is 6.07 Å². The van der Waals surface area contributed by atoms with E-state index in [0.717, 1.165) is 11.6 Å². The molecule has 0 atom stereocenters. The highest BCUT2D eigenvalue weighted by Crippen LogP contribution is 2.30. The number of alkyl halides is 1. The molecule has 2 rings (SSSR count). The highest BCUT2D eigenvalue weighted by atomic mass is 79.9. The molecule has 0 aliphatic rings. The summed E-state index contributed by atoms with van der Waals surface area (Å²) < 4.78 is 26.8. The van der Waals surface area contributed by atoms with Crippen LogP contribution < -0.4 is 0 Å². The molecule has 0 spiro atoms. The topological polar surface area (TPSA) is 0 Å². The minimum atomic E-state index is -0.849. The maximum absolute atomic E-state index is 13.7. The van der Waals surface area contributed by atoms with Crippen LogP contribution in [0.25, 0.3) is 11.1 Å². The van der Waals surface area contributed by atoms with Gasteiger partial charge in [-0.1, -0.05) is 45.7 Å². The Morgan fingerprint density at radius 1 is 1.06 bits per heavy atom. The van der Waals surface area contributed by atoms with Crippen molar-refractivity contribution in [2.45, 2.75) is 5.33 Å². The summed E-state index contributed by atoms with van der Waals surface area (Å²) in [5, 5.41) is 1.10. The maximum Gasteiger partial charge on any atom is 0.166 e. The van der Waals surface area contributed by atoms with E-state index in [4.69, 9.17) is 11.6 Å². The summed E-state index contributed by atoms with van der Waals surface area (Å²) in [5.74, 6) is -1.69. The first kappa shape index (κ1) is 12.5. The van der Waals surface area contributed by atoms with E-state index in [-0.39, 0.29) is 5.56 Å². The van der Waals surface area contributed by atoms with Crippen molar-refractivity contribution < 1.29 is 8.78 Å². The molecule has 0 aliphatic carbocycles. The van der Waals surface area contributed by atoms with Gasteiger partial charge in [0, 0.05) is 15.9 Å². The molecule has 0 radical (unpaired) electrons. The molecule has 2 aromatic rings. The molecule has 88 valence electrons. The van der Waals surface area contributed by atoms with Crippen LogP contribution in [-0.4, -0.2) is 0 Å². The lowest BCUT2D eigenvalue weighted by atomic mass is 10.00. The molecule has 0 bridgehead atoms. The number of rotatable bonds is 2. The van der Waals surface area contributed by atoms with E-state index in [1.807, 2.05) is 0 Å². The van der Waals surface area contributed by atoms with Gasteiger partial charge in [0.2, 0.25) is 0 Å². The molecule has 0 saturated heterocycles. The maximum atomic E-state index is 13.7. The van der Waals surface area contributed by atoms with Crippen molar-refractivity contribution in [3.63, 3.8) is 0 Å². The van der Waals surface area contributed by atoms with Crippen molar-refractivity contribution in [2.24, 2.45) is 0 Å². The van der Waals surface area contributed by atoms with Gasteiger partial charge in [-0.3, -0.25) is 0 Å². The van der Waals surface area contributed by atoms with E-state index < -0.39 is 11.6 Å². The summed E-state index contributed by atoms with van der Waals surface area (Å²) in [6.07, 6.45) is 0. The van der Waals surface area contributed by atoms with Crippen molar-refractivity contribution in [3.8, 4) is 11.1 Å². The van der Waals surface area contributed by atoms with E-state index in [0.29, 0.717) is 15.9 Å². The Morgan fingerprint density at radius 2 is 1.82 bits per heavy atom. The Morgan fingerprint density at radius 3 is 2.53 bits per heavy atom. The Balaban J connectivity index is 2.64. The minimum absolute atomic E-state index is 0.246. The fourth-order valence-corrected chi connectivity index (χ4v) is 2.31. The van der Waals surface area contributed by atoms with Crippen LogP contribution in [0.5, 0.6) is 0 Å². The second-order valence-electron chi connectivity index (χ2n) is 3.54. The summed E-state index contributed by atoms with van der Waals surface area (Å²) >= 11 is 9.17. The van der Waals surface area contributed by atoms with Crippen LogP contribution in [-0.2, 0) is 5.33 Å².